The van der Waals surface area contributed by atoms with Crippen LogP contribution >= 0.6 is 23.2 Å². The standard InChI is InChI=1S/C21H12Cl2FN3O5/c22-12-5-15-20(29)11(9-31-21(15)16(23)6-12)8-25-27-19(28)10-30-17-2-1-13(24)7-14(17)18-3-4-26-32-18/h1-9H,10H2,(H,27,28)/b25-8+. The van der Waals surface area contributed by atoms with E-state index >= 15 is 0 Å². The van der Waals surface area contributed by atoms with Gasteiger partial charge in [0.05, 0.1) is 33.9 Å². The third-order valence-corrected chi connectivity index (χ3v) is 4.71. The highest BCUT2D eigenvalue weighted by molar-refractivity contribution is 6.38. The number of hydrazone groups is 1. The van der Waals surface area contributed by atoms with Gasteiger partial charge < -0.3 is 13.7 Å². The zero-order valence-electron chi connectivity index (χ0n) is 16.0. The van der Waals surface area contributed by atoms with Gasteiger partial charge in [0.1, 0.15) is 17.8 Å². The molecule has 11 heteroatoms. The van der Waals surface area contributed by atoms with Gasteiger partial charge in [0, 0.05) is 11.1 Å². The van der Waals surface area contributed by atoms with E-state index in [0.717, 1.165) is 6.21 Å². The molecule has 2 heterocycles. The quantitative estimate of drug-likeness (QED) is 0.326. The Balaban J connectivity index is 1.43. The highest BCUT2D eigenvalue weighted by Crippen LogP contribution is 2.30. The largest absolute Gasteiger partial charge is 0.483 e. The summed E-state index contributed by atoms with van der Waals surface area (Å²) in [6.07, 6.45) is 3.69. The molecule has 4 aromatic rings. The number of hydrogen-bond acceptors (Lipinski definition) is 7. The Labute approximate surface area is 189 Å². The Morgan fingerprint density at radius 1 is 1.25 bits per heavy atom. The predicted octanol–water partition coefficient (Wildman–Crippen LogP) is 4.42. The fourth-order valence-electron chi connectivity index (χ4n) is 2.79. The van der Waals surface area contributed by atoms with Crippen LogP contribution in [-0.2, 0) is 4.79 Å². The number of halogens is 3. The van der Waals surface area contributed by atoms with Crippen LogP contribution in [-0.4, -0.2) is 23.9 Å². The summed E-state index contributed by atoms with van der Waals surface area (Å²) < 4.78 is 29.4. The maximum absolute atomic E-state index is 13.6. The molecule has 32 heavy (non-hydrogen) atoms. The van der Waals surface area contributed by atoms with Crippen LogP contribution < -0.4 is 15.6 Å². The zero-order valence-corrected chi connectivity index (χ0v) is 17.5. The van der Waals surface area contributed by atoms with Gasteiger partial charge in [-0.3, -0.25) is 9.59 Å². The van der Waals surface area contributed by atoms with Crippen molar-refractivity contribution in [3.63, 3.8) is 0 Å². The average Bonchev–Trinajstić information content (AvgIpc) is 3.29. The van der Waals surface area contributed by atoms with Crippen LogP contribution in [0.1, 0.15) is 5.56 Å². The van der Waals surface area contributed by atoms with Crippen molar-refractivity contribution in [3.05, 3.63) is 80.5 Å². The molecule has 0 unspecified atom stereocenters. The van der Waals surface area contributed by atoms with Gasteiger partial charge in [-0.05, 0) is 30.3 Å². The molecule has 2 aromatic heterocycles. The van der Waals surface area contributed by atoms with Gasteiger partial charge in [0.25, 0.3) is 5.91 Å². The van der Waals surface area contributed by atoms with E-state index in [9.17, 15) is 14.0 Å². The van der Waals surface area contributed by atoms with Gasteiger partial charge in [0.15, 0.2) is 18.0 Å². The van der Waals surface area contributed by atoms with Gasteiger partial charge in [-0.1, -0.05) is 28.4 Å². The van der Waals surface area contributed by atoms with Crippen LogP contribution in [0.2, 0.25) is 10.0 Å². The van der Waals surface area contributed by atoms with Crippen molar-refractivity contribution < 1.29 is 22.9 Å². The smallest absolute Gasteiger partial charge is 0.277 e. The van der Waals surface area contributed by atoms with Crippen molar-refractivity contribution in [3.8, 4) is 17.1 Å². The molecule has 4 rings (SSSR count). The van der Waals surface area contributed by atoms with E-state index in [2.05, 4.69) is 15.7 Å². The maximum atomic E-state index is 13.6. The fourth-order valence-corrected chi connectivity index (χ4v) is 3.33. The molecule has 8 nitrogen and oxygen atoms in total. The van der Waals surface area contributed by atoms with E-state index in [4.69, 9.17) is 36.9 Å². The highest BCUT2D eigenvalue weighted by Gasteiger charge is 2.13. The minimum Gasteiger partial charge on any atom is -0.483 e. The molecule has 0 bridgehead atoms. The second kappa shape index (κ2) is 9.21. The summed E-state index contributed by atoms with van der Waals surface area (Å²) in [4.78, 5) is 24.6. The third kappa shape index (κ3) is 4.63. The van der Waals surface area contributed by atoms with Crippen LogP contribution in [0, 0.1) is 5.82 Å². The van der Waals surface area contributed by atoms with E-state index in [1.54, 1.807) is 0 Å². The summed E-state index contributed by atoms with van der Waals surface area (Å²) >= 11 is 12.0. The van der Waals surface area contributed by atoms with Crippen molar-refractivity contribution in [1.29, 1.82) is 0 Å². The predicted molar refractivity (Wildman–Crippen MR) is 116 cm³/mol. The van der Waals surface area contributed by atoms with Crippen molar-refractivity contribution in [2.45, 2.75) is 0 Å². The lowest BCUT2D eigenvalue weighted by atomic mass is 10.1. The van der Waals surface area contributed by atoms with Gasteiger partial charge in [0.2, 0.25) is 5.43 Å². The summed E-state index contributed by atoms with van der Waals surface area (Å²) in [5.74, 6) is -0.632. The maximum Gasteiger partial charge on any atom is 0.277 e. The Kier molecular flexibility index (Phi) is 6.20. The number of nitrogens with one attached hydrogen (secondary N) is 1. The minimum absolute atomic E-state index is 0.0724. The molecule has 0 saturated carbocycles. The number of rotatable bonds is 6. The molecular weight excluding hydrogens is 464 g/mol. The number of carbonyl (C=O) groups is 1. The van der Waals surface area contributed by atoms with Crippen LogP contribution in [0.4, 0.5) is 4.39 Å². The molecule has 0 aliphatic rings. The van der Waals surface area contributed by atoms with E-state index in [1.807, 2.05) is 0 Å². The first-order valence-electron chi connectivity index (χ1n) is 8.98. The summed E-state index contributed by atoms with van der Waals surface area (Å²) in [6.45, 7) is -0.429. The number of nitrogens with zero attached hydrogens (tertiary/aromatic N) is 2. The first-order valence-corrected chi connectivity index (χ1v) is 9.74. The van der Waals surface area contributed by atoms with E-state index in [1.165, 1.54) is 48.9 Å². The monoisotopic (exact) mass is 475 g/mol. The molecule has 0 radical (unpaired) electrons. The second-order valence-electron chi connectivity index (χ2n) is 6.38. The van der Waals surface area contributed by atoms with Gasteiger partial charge in [-0.25, -0.2) is 9.82 Å². The number of carbonyl (C=O) groups excluding carboxylic acids is 1. The van der Waals surface area contributed by atoms with E-state index in [0.29, 0.717) is 5.56 Å². The van der Waals surface area contributed by atoms with Crippen LogP contribution in [0.15, 0.2) is 67.7 Å². The number of amides is 1. The molecule has 0 aliphatic heterocycles. The molecule has 1 amide bonds. The summed E-state index contributed by atoms with van der Waals surface area (Å²) in [5.41, 5.74) is 2.37. The molecular formula is C21H12Cl2FN3O5. The zero-order chi connectivity index (χ0) is 22.7. The third-order valence-electron chi connectivity index (χ3n) is 4.22. The highest BCUT2D eigenvalue weighted by atomic mass is 35.5. The molecule has 0 atom stereocenters. The number of ether oxygens (including phenoxy) is 1. The van der Waals surface area contributed by atoms with Gasteiger partial charge >= 0.3 is 0 Å². The molecule has 162 valence electrons. The second-order valence-corrected chi connectivity index (χ2v) is 7.23. The molecule has 0 aliphatic carbocycles. The summed E-state index contributed by atoms with van der Waals surface area (Å²) in [7, 11) is 0. The van der Waals surface area contributed by atoms with Gasteiger partial charge in [-0.15, -0.1) is 0 Å². The Bertz CT molecular complexity index is 1390. The molecule has 0 fully saturated rings. The summed E-state index contributed by atoms with van der Waals surface area (Å²) in [6, 6.07) is 8.15. The molecule has 0 saturated heterocycles. The minimum atomic E-state index is -0.620. The van der Waals surface area contributed by atoms with Crippen molar-refractivity contribution in [2.75, 3.05) is 6.61 Å². The van der Waals surface area contributed by atoms with Crippen LogP contribution in [0.3, 0.4) is 0 Å². The molecule has 1 N–H and O–H groups in total. The average molecular weight is 476 g/mol. The number of aromatic nitrogens is 1. The lowest BCUT2D eigenvalue weighted by Crippen LogP contribution is -2.25. The normalized spacial score (nSPS) is 11.2. The number of fused-ring (bicyclic) bond motifs is 1. The fraction of sp³-hybridized carbons (Fsp3) is 0.0476. The first-order chi connectivity index (χ1) is 15.4. The van der Waals surface area contributed by atoms with Crippen molar-refractivity contribution >= 4 is 46.3 Å². The van der Waals surface area contributed by atoms with Crippen molar-refractivity contribution in [1.82, 2.24) is 10.6 Å². The lowest BCUT2D eigenvalue weighted by molar-refractivity contribution is -0.123. The topological polar surface area (TPSA) is 107 Å². The van der Waals surface area contributed by atoms with E-state index in [-0.39, 0.29) is 38.1 Å². The first kappa shape index (κ1) is 21.5. The number of hydrogen-bond donors (Lipinski definition) is 1. The Morgan fingerprint density at radius 2 is 2.09 bits per heavy atom. The lowest BCUT2D eigenvalue weighted by Gasteiger charge is -2.09. The van der Waals surface area contributed by atoms with Crippen LogP contribution in [0.25, 0.3) is 22.3 Å². The van der Waals surface area contributed by atoms with Gasteiger partial charge in [-0.2, -0.15) is 5.10 Å². The summed E-state index contributed by atoms with van der Waals surface area (Å²) in [5, 5.41) is 7.96. The Morgan fingerprint density at radius 3 is 2.88 bits per heavy atom. The number of benzene rings is 2. The molecule has 2 aromatic carbocycles. The van der Waals surface area contributed by atoms with E-state index < -0.39 is 23.8 Å². The SMILES string of the molecule is O=C(COc1ccc(F)cc1-c1ccno1)N/N=C/c1coc2c(Cl)cc(Cl)cc2c1=O. The molecule has 0 spiro atoms. The Hall–Kier alpha value is -3.69. The van der Waals surface area contributed by atoms with Crippen LogP contribution in [0.5, 0.6) is 5.75 Å². The van der Waals surface area contributed by atoms with Crippen molar-refractivity contribution in [2.24, 2.45) is 5.10 Å².